The molecule has 2 aliphatic rings. The largest absolute Gasteiger partial charge is 0.494 e. The Kier molecular flexibility index (Phi) is 5.97. The Bertz CT molecular complexity index is 942. The molecule has 3 N–H and O–H groups in total. The number of hydrogen-bond donors (Lipinski definition) is 3. The predicted molar refractivity (Wildman–Crippen MR) is 107 cm³/mol. The summed E-state index contributed by atoms with van der Waals surface area (Å²) >= 11 is 6.35. The van der Waals surface area contributed by atoms with Gasteiger partial charge in [-0.25, -0.2) is 8.78 Å². The van der Waals surface area contributed by atoms with Crippen LogP contribution in [0.3, 0.4) is 0 Å². The molecular weight excluding hydrogens is 434 g/mol. The first-order valence-electron chi connectivity index (χ1n) is 9.90. The molecule has 168 valence electrons. The van der Waals surface area contributed by atoms with Gasteiger partial charge in [-0.1, -0.05) is 29.8 Å². The predicted octanol–water partition coefficient (Wildman–Crippen LogP) is 2.63. The molecule has 6 nitrogen and oxygen atoms in total. The van der Waals surface area contributed by atoms with Gasteiger partial charge < -0.3 is 29.5 Å². The molecule has 2 heterocycles. The van der Waals surface area contributed by atoms with Gasteiger partial charge in [0.1, 0.15) is 24.1 Å². The zero-order valence-corrected chi connectivity index (χ0v) is 17.4. The molecule has 2 fully saturated rings. The molecule has 0 unspecified atom stereocenters. The topological polar surface area (TPSA) is 88.4 Å². The van der Waals surface area contributed by atoms with E-state index in [0.29, 0.717) is 23.6 Å². The lowest BCUT2D eigenvalue weighted by atomic mass is 9.83. The Morgan fingerprint density at radius 3 is 2.48 bits per heavy atom. The molecule has 0 radical (unpaired) electrons. The molecule has 0 aliphatic carbocycles. The first kappa shape index (κ1) is 22.4. The minimum Gasteiger partial charge on any atom is -0.494 e. The summed E-state index contributed by atoms with van der Waals surface area (Å²) < 4.78 is 44.0. The van der Waals surface area contributed by atoms with Crippen LogP contribution in [0.15, 0.2) is 42.5 Å². The number of alkyl halides is 2. The van der Waals surface area contributed by atoms with Crippen molar-refractivity contribution in [2.24, 2.45) is 0 Å². The Hall–Kier alpha value is -1.81. The van der Waals surface area contributed by atoms with Gasteiger partial charge in [0.15, 0.2) is 5.60 Å². The number of ether oxygens (including phenoxy) is 3. The second kappa shape index (κ2) is 8.27. The molecule has 5 atom stereocenters. The number of halogens is 3. The monoisotopic (exact) mass is 456 g/mol. The van der Waals surface area contributed by atoms with Crippen LogP contribution < -0.4 is 4.74 Å². The molecule has 2 bridgehead atoms. The number of aliphatic hydroxyl groups excluding tert-OH is 3. The molecule has 0 spiro atoms. The summed E-state index contributed by atoms with van der Waals surface area (Å²) in [7, 11) is 0. The van der Waals surface area contributed by atoms with E-state index in [1.54, 1.807) is 12.1 Å². The van der Waals surface area contributed by atoms with Gasteiger partial charge in [-0.15, -0.1) is 0 Å². The highest BCUT2D eigenvalue weighted by Gasteiger charge is 2.70. The zero-order valence-electron chi connectivity index (χ0n) is 16.7. The molecule has 0 aromatic heterocycles. The normalized spacial score (nSPS) is 32.5. The third kappa shape index (κ3) is 3.61. The Morgan fingerprint density at radius 1 is 1.13 bits per heavy atom. The summed E-state index contributed by atoms with van der Waals surface area (Å²) in [6.07, 6.45) is -8.39. The van der Waals surface area contributed by atoms with Gasteiger partial charge in [0.25, 0.3) is 6.43 Å². The van der Waals surface area contributed by atoms with Gasteiger partial charge in [0.2, 0.25) is 5.79 Å². The summed E-state index contributed by atoms with van der Waals surface area (Å²) in [4.78, 5) is 0. The molecule has 2 aliphatic heterocycles. The van der Waals surface area contributed by atoms with E-state index < -0.39 is 42.7 Å². The fourth-order valence-corrected chi connectivity index (χ4v) is 4.29. The van der Waals surface area contributed by atoms with Gasteiger partial charge in [-0.3, -0.25) is 0 Å². The standard InChI is InChI=1S/C22H23ClF2O6/c1-2-29-15-6-3-12(4-7-15)9-13-10-14(5-8-16(13)23)22-19(28)17(26)18(27)21(31-22,11-30-22)20(24)25/h3-8,10,17-20,26-28H,2,9,11H2,1H3/t17-,18-,19+,21-,22-/m0/s1. The fraction of sp³-hybridized carbons (Fsp3) is 0.455. The fourth-order valence-electron chi connectivity index (χ4n) is 4.11. The maximum Gasteiger partial charge on any atom is 0.272 e. The van der Waals surface area contributed by atoms with E-state index in [4.69, 9.17) is 25.8 Å². The van der Waals surface area contributed by atoms with Crippen LogP contribution in [-0.2, 0) is 21.7 Å². The second-order valence-corrected chi connectivity index (χ2v) is 8.16. The number of aliphatic hydroxyl groups is 3. The average Bonchev–Trinajstić information content (AvgIpc) is 3.15. The zero-order chi connectivity index (χ0) is 22.4. The number of hydrogen-bond acceptors (Lipinski definition) is 6. The summed E-state index contributed by atoms with van der Waals surface area (Å²) in [5.74, 6) is -1.31. The van der Waals surface area contributed by atoms with Crippen molar-refractivity contribution in [3.8, 4) is 5.75 Å². The van der Waals surface area contributed by atoms with Gasteiger partial charge >= 0.3 is 0 Å². The molecule has 2 saturated heterocycles. The van der Waals surface area contributed by atoms with E-state index in [9.17, 15) is 24.1 Å². The smallest absolute Gasteiger partial charge is 0.272 e. The van der Waals surface area contributed by atoms with Crippen LogP contribution in [0.2, 0.25) is 5.02 Å². The van der Waals surface area contributed by atoms with Crippen LogP contribution in [-0.4, -0.2) is 58.9 Å². The van der Waals surface area contributed by atoms with Crippen molar-refractivity contribution in [1.29, 1.82) is 0 Å². The highest BCUT2D eigenvalue weighted by molar-refractivity contribution is 6.31. The Balaban J connectivity index is 1.67. The lowest BCUT2D eigenvalue weighted by Crippen LogP contribution is -2.66. The first-order valence-corrected chi connectivity index (χ1v) is 10.3. The minimum atomic E-state index is -3.14. The van der Waals surface area contributed by atoms with E-state index in [0.717, 1.165) is 11.3 Å². The SMILES string of the molecule is CCOc1ccc(Cc2cc([C@]34OC[C@](C(F)F)(O3)[C@@H](O)[C@H](O)[C@H]4O)ccc2Cl)cc1. The third-order valence-corrected chi connectivity index (χ3v) is 6.21. The van der Waals surface area contributed by atoms with Crippen molar-refractivity contribution in [3.63, 3.8) is 0 Å². The number of rotatable bonds is 6. The van der Waals surface area contributed by atoms with Crippen LogP contribution >= 0.6 is 11.6 Å². The molecule has 31 heavy (non-hydrogen) atoms. The van der Waals surface area contributed by atoms with E-state index in [2.05, 4.69) is 0 Å². The highest BCUT2D eigenvalue weighted by Crippen LogP contribution is 2.52. The van der Waals surface area contributed by atoms with Crippen molar-refractivity contribution in [2.75, 3.05) is 13.2 Å². The number of fused-ring (bicyclic) bond motifs is 2. The van der Waals surface area contributed by atoms with Crippen molar-refractivity contribution >= 4 is 11.6 Å². The summed E-state index contributed by atoms with van der Waals surface area (Å²) in [5, 5.41) is 31.5. The molecule has 0 saturated carbocycles. The van der Waals surface area contributed by atoms with Crippen molar-refractivity contribution in [3.05, 3.63) is 64.2 Å². The maximum atomic E-state index is 13.8. The van der Waals surface area contributed by atoms with Crippen LogP contribution in [0.4, 0.5) is 8.78 Å². The van der Waals surface area contributed by atoms with Crippen molar-refractivity contribution < 1.29 is 38.3 Å². The lowest BCUT2D eigenvalue weighted by molar-refractivity contribution is -0.341. The van der Waals surface area contributed by atoms with Crippen molar-refractivity contribution in [2.45, 2.75) is 49.5 Å². The first-order chi connectivity index (χ1) is 14.7. The summed E-state index contributed by atoms with van der Waals surface area (Å²) in [5.41, 5.74) is -0.644. The Morgan fingerprint density at radius 2 is 1.84 bits per heavy atom. The van der Waals surface area contributed by atoms with Crippen LogP contribution in [0.1, 0.15) is 23.6 Å². The Labute approximate surface area is 182 Å². The van der Waals surface area contributed by atoms with E-state index >= 15 is 0 Å². The van der Waals surface area contributed by atoms with Gasteiger partial charge in [-0.05, 0) is 48.7 Å². The average molecular weight is 457 g/mol. The number of benzene rings is 2. The second-order valence-electron chi connectivity index (χ2n) is 7.75. The van der Waals surface area contributed by atoms with Crippen LogP contribution in [0.5, 0.6) is 5.75 Å². The summed E-state index contributed by atoms with van der Waals surface area (Å²) in [6, 6.07) is 12.1. The molecular formula is C22H23ClF2O6. The maximum absolute atomic E-state index is 13.8. The van der Waals surface area contributed by atoms with Crippen molar-refractivity contribution in [1.82, 2.24) is 0 Å². The third-order valence-electron chi connectivity index (χ3n) is 5.84. The van der Waals surface area contributed by atoms with Gasteiger partial charge in [0, 0.05) is 10.6 Å². The van der Waals surface area contributed by atoms with Crippen LogP contribution in [0, 0.1) is 0 Å². The quantitative estimate of drug-likeness (QED) is 0.619. The molecule has 9 heteroatoms. The summed E-state index contributed by atoms with van der Waals surface area (Å²) in [6.45, 7) is 1.76. The highest BCUT2D eigenvalue weighted by atomic mass is 35.5. The molecule has 2 aromatic rings. The van der Waals surface area contributed by atoms with E-state index in [-0.39, 0.29) is 5.56 Å². The molecule has 2 aromatic carbocycles. The van der Waals surface area contributed by atoms with Crippen LogP contribution in [0.25, 0.3) is 0 Å². The van der Waals surface area contributed by atoms with E-state index in [1.165, 1.54) is 6.07 Å². The minimum absolute atomic E-state index is 0.221. The molecule has 0 amide bonds. The molecule has 4 rings (SSSR count). The van der Waals surface area contributed by atoms with Gasteiger partial charge in [0.05, 0.1) is 13.2 Å². The lowest BCUT2D eigenvalue weighted by Gasteiger charge is -2.46. The van der Waals surface area contributed by atoms with Gasteiger partial charge in [-0.2, -0.15) is 0 Å². The van der Waals surface area contributed by atoms with E-state index in [1.807, 2.05) is 31.2 Å².